The van der Waals surface area contributed by atoms with E-state index in [1.807, 2.05) is 0 Å². The molecule has 0 saturated carbocycles. The smallest absolute Gasteiger partial charge is 0.243 e. The van der Waals surface area contributed by atoms with Crippen molar-refractivity contribution in [3.05, 3.63) is 59.7 Å². The maximum absolute atomic E-state index is 11.9. The number of nitrogens with one attached hydrogen (secondary N) is 1. The van der Waals surface area contributed by atoms with E-state index in [9.17, 15) is 14.7 Å². The number of phenols is 1. The minimum atomic E-state index is -0.711. The molecule has 0 radical (unpaired) electrons. The third-order valence-corrected chi connectivity index (χ3v) is 3.57. The van der Waals surface area contributed by atoms with Crippen LogP contribution in [0.3, 0.4) is 0 Å². The van der Waals surface area contributed by atoms with E-state index in [2.05, 4.69) is 10.4 Å². The van der Waals surface area contributed by atoms with Crippen LogP contribution in [-0.2, 0) is 14.3 Å². The van der Waals surface area contributed by atoms with Gasteiger partial charge in [-0.25, -0.2) is 0 Å². The second-order valence-electron chi connectivity index (χ2n) is 5.59. The summed E-state index contributed by atoms with van der Waals surface area (Å²) in [6, 6.07) is 13.4. The standard InChI is InChI=1S/C18H17N3O4/c1-11(22)19-15-5-3-4-14(10-15)17-20-21(12(2)23)18(25-17)13-6-8-16(24)9-7-13/h3-10,18,24H,1-2H3,(H,19,22)/t18-/m0/s1. The van der Waals surface area contributed by atoms with Crippen LogP contribution in [0, 0.1) is 0 Å². The molecule has 0 saturated heterocycles. The lowest BCUT2D eigenvalue weighted by atomic mass is 10.1. The lowest BCUT2D eigenvalue weighted by molar-refractivity contribution is -0.135. The molecule has 1 aliphatic rings. The molecule has 3 rings (SSSR count). The lowest BCUT2D eigenvalue weighted by Crippen LogP contribution is -2.25. The number of hydrogen-bond donors (Lipinski definition) is 2. The van der Waals surface area contributed by atoms with Gasteiger partial charge in [-0.1, -0.05) is 6.07 Å². The Hall–Kier alpha value is -3.35. The Morgan fingerprint density at radius 3 is 2.52 bits per heavy atom. The van der Waals surface area contributed by atoms with Gasteiger partial charge in [-0.3, -0.25) is 9.59 Å². The summed E-state index contributed by atoms with van der Waals surface area (Å²) in [4.78, 5) is 23.1. The number of anilines is 1. The second-order valence-corrected chi connectivity index (χ2v) is 5.59. The second kappa shape index (κ2) is 6.64. The Labute approximate surface area is 144 Å². The van der Waals surface area contributed by atoms with Crippen LogP contribution in [0.15, 0.2) is 53.6 Å². The summed E-state index contributed by atoms with van der Waals surface area (Å²) in [5.41, 5.74) is 1.93. The van der Waals surface area contributed by atoms with Crippen LogP contribution in [0.5, 0.6) is 5.75 Å². The van der Waals surface area contributed by atoms with Gasteiger partial charge >= 0.3 is 0 Å². The number of nitrogens with zero attached hydrogens (tertiary/aromatic N) is 2. The summed E-state index contributed by atoms with van der Waals surface area (Å²) in [6.45, 7) is 2.82. The summed E-state index contributed by atoms with van der Waals surface area (Å²) in [6.07, 6.45) is -0.711. The molecule has 1 atom stereocenters. The molecule has 25 heavy (non-hydrogen) atoms. The number of benzene rings is 2. The molecular formula is C18H17N3O4. The first-order valence-electron chi connectivity index (χ1n) is 7.66. The van der Waals surface area contributed by atoms with Gasteiger partial charge in [-0.2, -0.15) is 5.01 Å². The average Bonchev–Trinajstić information content (AvgIpc) is 3.01. The Morgan fingerprint density at radius 2 is 1.88 bits per heavy atom. The maximum atomic E-state index is 11.9. The molecule has 0 unspecified atom stereocenters. The lowest BCUT2D eigenvalue weighted by Gasteiger charge is -2.19. The SMILES string of the molecule is CC(=O)Nc1cccc(C2=NN(C(C)=O)[C@H](c3ccc(O)cc3)O2)c1. The quantitative estimate of drug-likeness (QED) is 0.899. The third-order valence-electron chi connectivity index (χ3n) is 3.57. The van der Waals surface area contributed by atoms with Crippen LogP contribution in [-0.4, -0.2) is 27.8 Å². The highest BCUT2D eigenvalue weighted by molar-refractivity contribution is 5.98. The van der Waals surface area contributed by atoms with Crippen LogP contribution in [0.4, 0.5) is 5.69 Å². The molecule has 2 aromatic carbocycles. The topological polar surface area (TPSA) is 91.2 Å². The summed E-state index contributed by atoms with van der Waals surface area (Å²) in [7, 11) is 0. The number of carbonyl (C=O) groups is 2. The molecule has 0 spiro atoms. The Balaban J connectivity index is 1.90. The molecule has 2 N–H and O–H groups in total. The number of hydrazone groups is 1. The Bertz CT molecular complexity index is 846. The number of phenolic OH excluding ortho intramolecular Hbond substituents is 1. The minimum Gasteiger partial charge on any atom is -0.508 e. The molecule has 0 aliphatic carbocycles. The fourth-order valence-corrected chi connectivity index (χ4v) is 2.47. The predicted octanol–water partition coefficient (Wildman–Crippen LogP) is 2.59. The molecule has 7 nitrogen and oxygen atoms in total. The zero-order valence-electron chi connectivity index (χ0n) is 13.8. The summed E-state index contributed by atoms with van der Waals surface area (Å²) in [5.74, 6) is -0.0504. The van der Waals surface area contributed by atoms with Gasteiger partial charge in [0.25, 0.3) is 0 Å². The highest BCUT2D eigenvalue weighted by atomic mass is 16.5. The van der Waals surface area contributed by atoms with E-state index in [4.69, 9.17) is 4.74 Å². The van der Waals surface area contributed by atoms with Crippen molar-refractivity contribution >= 4 is 23.4 Å². The van der Waals surface area contributed by atoms with Gasteiger partial charge < -0.3 is 15.2 Å². The largest absolute Gasteiger partial charge is 0.508 e. The number of carbonyl (C=O) groups excluding carboxylic acids is 2. The van der Waals surface area contributed by atoms with E-state index in [0.717, 1.165) is 0 Å². The first-order valence-corrected chi connectivity index (χ1v) is 7.66. The van der Waals surface area contributed by atoms with Crippen molar-refractivity contribution in [2.24, 2.45) is 5.10 Å². The van der Waals surface area contributed by atoms with Crippen molar-refractivity contribution in [1.82, 2.24) is 5.01 Å². The zero-order valence-corrected chi connectivity index (χ0v) is 13.8. The molecule has 2 amide bonds. The van der Waals surface area contributed by atoms with Crippen LogP contribution >= 0.6 is 0 Å². The molecule has 0 aromatic heterocycles. The van der Waals surface area contributed by atoms with Gasteiger partial charge in [-0.05, 0) is 42.5 Å². The number of amides is 2. The molecular weight excluding hydrogens is 322 g/mol. The Morgan fingerprint density at radius 1 is 1.16 bits per heavy atom. The van der Waals surface area contributed by atoms with Crippen LogP contribution in [0.25, 0.3) is 0 Å². The highest BCUT2D eigenvalue weighted by Crippen LogP contribution is 2.31. The van der Waals surface area contributed by atoms with Crippen LogP contribution in [0.2, 0.25) is 0 Å². The van der Waals surface area contributed by atoms with E-state index in [1.165, 1.54) is 31.0 Å². The Kier molecular flexibility index (Phi) is 4.38. The van der Waals surface area contributed by atoms with Crippen molar-refractivity contribution in [2.75, 3.05) is 5.32 Å². The van der Waals surface area contributed by atoms with Crippen molar-refractivity contribution in [3.8, 4) is 5.75 Å². The van der Waals surface area contributed by atoms with Crippen LogP contribution < -0.4 is 5.32 Å². The van der Waals surface area contributed by atoms with Gasteiger partial charge in [0, 0.05) is 30.7 Å². The van der Waals surface area contributed by atoms with Crippen molar-refractivity contribution in [1.29, 1.82) is 0 Å². The predicted molar refractivity (Wildman–Crippen MR) is 91.7 cm³/mol. The number of rotatable bonds is 3. The molecule has 1 heterocycles. The molecule has 0 bridgehead atoms. The fraction of sp³-hybridized carbons (Fsp3) is 0.167. The molecule has 7 heteroatoms. The van der Waals surface area contributed by atoms with Gasteiger partial charge in [0.05, 0.1) is 0 Å². The van der Waals surface area contributed by atoms with Crippen LogP contribution in [0.1, 0.15) is 31.2 Å². The number of hydrogen-bond acceptors (Lipinski definition) is 5. The van der Waals surface area contributed by atoms with Gasteiger partial charge in [0.15, 0.2) is 0 Å². The van der Waals surface area contributed by atoms with E-state index in [1.54, 1.807) is 36.4 Å². The molecule has 2 aromatic rings. The highest BCUT2D eigenvalue weighted by Gasteiger charge is 2.33. The normalized spacial score (nSPS) is 16.2. The van der Waals surface area contributed by atoms with E-state index in [-0.39, 0.29) is 23.5 Å². The van der Waals surface area contributed by atoms with E-state index < -0.39 is 6.23 Å². The monoisotopic (exact) mass is 339 g/mol. The number of ether oxygens (including phenoxy) is 1. The van der Waals surface area contributed by atoms with Gasteiger partial charge in [0.1, 0.15) is 5.75 Å². The molecule has 1 aliphatic heterocycles. The summed E-state index contributed by atoms with van der Waals surface area (Å²) in [5, 5.41) is 17.6. The third kappa shape index (κ3) is 3.60. The van der Waals surface area contributed by atoms with E-state index in [0.29, 0.717) is 16.8 Å². The van der Waals surface area contributed by atoms with Gasteiger partial charge in [0.2, 0.25) is 23.9 Å². The average molecular weight is 339 g/mol. The molecule has 128 valence electrons. The number of aromatic hydroxyl groups is 1. The molecule has 0 fully saturated rings. The van der Waals surface area contributed by atoms with Crippen molar-refractivity contribution in [3.63, 3.8) is 0 Å². The fourth-order valence-electron chi connectivity index (χ4n) is 2.47. The van der Waals surface area contributed by atoms with E-state index >= 15 is 0 Å². The summed E-state index contributed by atoms with van der Waals surface area (Å²) < 4.78 is 5.87. The maximum Gasteiger partial charge on any atom is 0.243 e. The van der Waals surface area contributed by atoms with Gasteiger partial charge in [-0.15, -0.1) is 5.10 Å². The van der Waals surface area contributed by atoms with Crippen molar-refractivity contribution in [2.45, 2.75) is 20.1 Å². The summed E-state index contributed by atoms with van der Waals surface area (Å²) >= 11 is 0. The first-order chi connectivity index (χ1) is 11.9. The minimum absolute atomic E-state index is 0.125. The first kappa shape index (κ1) is 16.5. The van der Waals surface area contributed by atoms with Crippen molar-refractivity contribution < 1.29 is 19.4 Å². The zero-order chi connectivity index (χ0) is 18.0.